The molecule has 1 heterocycles. The summed E-state index contributed by atoms with van der Waals surface area (Å²) in [6.07, 6.45) is 2.14. The van der Waals surface area contributed by atoms with Gasteiger partial charge in [-0.1, -0.05) is 32.0 Å². The molecule has 2 aromatic carbocycles. The Labute approximate surface area is 195 Å². The predicted molar refractivity (Wildman–Crippen MR) is 125 cm³/mol. The average Bonchev–Trinajstić information content (AvgIpc) is 3.34. The van der Waals surface area contributed by atoms with Crippen LogP contribution in [-0.2, 0) is 10.0 Å². The van der Waals surface area contributed by atoms with Crippen molar-refractivity contribution in [3.05, 3.63) is 59.4 Å². The lowest BCUT2D eigenvalue weighted by atomic mass is 10.0. The van der Waals surface area contributed by atoms with E-state index in [4.69, 9.17) is 4.74 Å². The highest BCUT2D eigenvalue weighted by atomic mass is 32.2. The van der Waals surface area contributed by atoms with Crippen molar-refractivity contribution in [1.82, 2.24) is 14.5 Å². The second kappa shape index (κ2) is 11.1. The minimum Gasteiger partial charge on any atom is -0.496 e. The SMILES string of the molecule is CCN(CC)S(=O)(=O)c1ccc(F)c(C(=O)NCC(c2ccccc2OC)N2CCCC2)c1. The first-order valence-electron chi connectivity index (χ1n) is 11.3. The molecule has 33 heavy (non-hydrogen) atoms. The van der Waals surface area contributed by atoms with Gasteiger partial charge in [0.1, 0.15) is 11.6 Å². The van der Waals surface area contributed by atoms with Crippen LogP contribution >= 0.6 is 0 Å². The molecular formula is C24H32FN3O4S. The van der Waals surface area contributed by atoms with Crippen molar-refractivity contribution >= 4 is 15.9 Å². The maximum Gasteiger partial charge on any atom is 0.254 e. The lowest BCUT2D eigenvalue weighted by Crippen LogP contribution is -2.37. The maximum atomic E-state index is 14.5. The molecule has 9 heteroatoms. The maximum absolute atomic E-state index is 14.5. The number of amides is 1. The Morgan fingerprint density at radius 1 is 1.15 bits per heavy atom. The number of likely N-dealkylation sites (tertiary alicyclic amines) is 1. The number of carbonyl (C=O) groups is 1. The van der Waals surface area contributed by atoms with Gasteiger partial charge in [-0.3, -0.25) is 9.69 Å². The van der Waals surface area contributed by atoms with Crippen molar-refractivity contribution < 1.29 is 22.3 Å². The van der Waals surface area contributed by atoms with Gasteiger partial charge in [0.05, 0.1) is 23.6 Å². The molecule has 0 aromatic heterocycles. The topological polar surface area (TPSA) is 79.0 Å². The number of carbonyl (C=O) groups excluding carboxylic acids is 1. The molecule has 1 atom stereocenters. The molecular weight excluding hydrogens is 445 g/mol. The zero-order valence-electron chi connectivity index (χ0n) is 19.4. The fraction of sp³-hybridized carbons (Fsp3) is 0.458. The van der Waals surface area contributed by atoms with Crippen LogP contribution in [0.25, 0.3) is 0 Å². The van der Waals surface area contributed by atoms with Crippen molar-refractivity contribution in [3.8, 4) is 5.75 Å². The van der Waals surface area contributed by atoms with E-state index >= 15 is 0 Å². The third kappa shape index (κ3) is 5.54. The van der Waals surface area contributed by atoms with Crippen LogP contribution in [0.2, 0.25) is 0 Å². The van der Waals surface area contributed by atoms with Crippen molar-refractivity contribution in [3.63, 3.8) is 0 Å². The molecule has 0 bridgehead atoms. The molecule has 1 aliphatic heterocycles. The Bertz CT molecular complexity index is 1070. The molecule has 1 saturated heterocycles. The molecule has 1 unspecified atom stereocenters. The second-order valence-electron chi connectivity index (χ2n) is 7.94. The first kappa shape index (κ1) is 25.1. The van der Waals surface area contributed by atoms with Crippen molar-refractivity contribution in [2.75, 3.05) is 39.8 Å². The van der Waals surface area contributed by atoms with Crippen LogP contribution in [0.5, 0.6) is 5.75 Å². The van der Waals surface area contributed by atoms with E-state index in [1.807, 2.05) is 24.3 Å². The van der Waals surface area contributed by atoms with Gasteiger partial charge in [-0.2, -0.15) is 4.31 Å². The predicted octanol–water partition coefficient (Wildman–Crippen LogP) is 3.43. The first-order chi connectivity index (χ1) is 15.8. The Morgan fingerprint density at radius 3 is 2.45 bits per heavy atom. The summed E-state index contributed by atoms with van der Waals surface area (Å²) < 4.78 is 47.0. The third-order valence-corrected chi connectivity index (χ3v) is 8.11. The van der Waals surface area contributed by atoms with E-state index in [9.17, 15) is 17.6 Å². The third-order valence-electron chi connectivity index (χ3n) is 6.06. The number of benzene rings is 2. The van der Waals surface area contributed by atoms with Gasteiger partial charge in [-0.25, -0.2) is 12.8 Å². The fourth-order valence-electron chi connectivity index (χ4n) is 4.27. The number of para-hydroxylation sites is 1. The molecule has 0 aliphatic carbocycles. The van der Waals surface area contributed by atoms with E-state index < -0.39 is 21.7 Å². The number of nitrogens with zero attached hydrogens (tertiary/aromatic N) is 2. The summed E-state index contributed by atoms with van der Waals surface area (Å²) in [7, 11) is -2.20. The van der Waals surface area contributed by atoms with Crippen LogP contribution in [-0.4, -0.2) is 63.4 Å². The largest absolute Gasteiger partial charge is 0.496 e. The average molecular weight is 478 g/mol. The monoisotopic (exact) mass is 477 g/mol. The number of ether oxygens (including phenoxy) is 1. The van der Waals surface area contributed by atoms with E-state index in [1.165, 1.54) is 10.4 Å². The quantitative estimate of drug-likeness (QED) is 0.567. The summed E-state index contributed by atoms with van der Waals surface area (Å²) in [5, 5.41) is 2.82. The summed E-state index contributed by atoms with van der Waals surface area (Å²) in [4.78, 5) is 15.1. The standard InChI is InChI=1S/C24H32FN3O4S/c1-4-28(5-2)33(30,31)18-12-13-21(25)20(16-18)24(29)26-17-22(27-14-8-9-15-27)19-10-6-7-11-23(19)32-3/h6-7,10-13,16,22H,4-5,8-9,14-15,17H2,1-3H3,(H,26,29). The number of rotatable bonds is 10. The molecule has 180 valence electrons. The van der Waals surface area contributed by atoms with E-state index in [-0.39, 0.29) is 36.1 Å². The molecule has 7 nitrogen and oxygen atoms in total. The van der Waals surface area contributed by atoms with Gasteiger partial charge < -0.3 is 10.1 Å². The smallest absolute Gasteiger partial charge is 0.254 e. The number of hydrogen-bond acceptors (Lipinski definition) is 5. The van der Waals surface area contributed by atoms with Crippen molar-refractivity contribution in [1.29, 1.82) is 0 Å². The first-order valence-corrected chi connectivity index (χ1v) is 12.7. The molecule has 1 aliphatic rings. The summed E-state index contributed by atoms with van der Waals surface area (Å²) >= 11 is 0. The van der Waals surface area contributed by atoms with E-state index in [0.717, 1.165) is 49.4 Å². The molecule has 1 fully saturated rings. The van der Waals surface area contributed by atoms with Crippen LogP contribution in [0.1, 0.15) is 48.7 Å². The normalized spacial score (nSPS) is 15.5. The highest BCUT2D eigenvalue weighted by Gasteiger charge is 2.28. The number of sulfonamides is 1. The highest BCUT2D eigenvalue weighted by Crippen LogP contribution is 2.31. The summed E-state index contributed by atoms with van der Waals surface area (Å²) in [5.74, 6) is -0.689. The Kier molecular flexibility index (Phi) is 8.45. The Morgan fingerprint density at radius 2 is 1.82 bits per heavy atom. The summed E-state index contributed by atoms with van der Waals surface area (Å²) in [6, 6.07) is 10.9. The molecule has 3 rings (SSSR count). The van der Waals surface area contributed by atoms with E-state index in [0.29, 0.717) is 0 Å². The highest BCUT2D eigenvalue weighted by molar-refractivity contribution is 7.89. The zero-order chi connectivity index (χ0) is 24.0. The van der Waals surface area contributed by atoms with Crippen molar-refractivity contribution in [2.24, 2.45) is 0 Å². The summed E-state index contributed by atoms with van der Waals surface area (Å²) in [5.41, 5.74) is 0.656. The summed E-state index contributed by atoms with van der Waals surface area (Å²) in [6.45, 7) is 6.06. The minimum absolute atomic E-state index is 0.0985. The molecule has 0 saturated carbocycles. The van der Waals surface area contributed by atoms with Crippen molar-refractivity contribution in [2.45, 2.75) is 37.6 Å². The van der Waals surface area contributed by atoms with Gasteiger partial charge in [0.15, 0.2) is 0 Å². The van der Waals surface area contributed by atoms with Gasteiger partial charge >= 0.3 is 0 Å². The van der Waals surface area contributed by atoms with E-state index in [1.54, 1.807) is 21.0 Å². The van der Waals surface area contributed by atoms with Gasteiger partial charge in [0, 0.05) is 25.2 Å². The van der Waals surface area contributed by atoms with Crippen LogP contribution < -0.4 is 10.1 Å². The molecule has 1 amide bonds. The number of nitrogens with one attached hydrogen (secondary N) is 1. The Hall–Kier alpha value is -2.49. The molecule has 2 aromatic rings. The minimum atomic E-state index is -3.81. The molecule has 1 N–H and O–H groups in total. The van der Waals surface area contributed by atoms with Crippen LogP contribution in [0.3, 0.4) is 0 Å². The second-order valence-corrected chi connectivity index (χ2v) is 9.88. The lowest BCUT2D eigenvalue weighted by Gasteiger charge is -2.29. The molecule has 0 spiro atoms. The Balaban J connectivity index is 1.85. The molecule has 0 radical (unpaired) electrons. The van der Waals surface area contributed by atoms with Gasteiger partial charge in [-0.05, 0) is 50.2 Å². The van der Waals surface area contributed by atoms with Crippen LogP contribution in [0, 0.1) is 5.82 Å². The number of hydrogen-bond donors (Lipinski definition) is 1. The van der Waals surface area contributed by atoms with E-state index in [2.05, 4.69) is 10.2 Å². The number of halogens is 1. The number of methoxy groups -OCH3 is 1. The van der Waals surface area contributed by atoms with Gasteiger partial charge in [0.25, 0.3) is 5.91 Å². The van der Waals surface area contributed by atoms with Crippen LogP contribution in [0.15, 0.2) is 47.4 Å². The zero-order valence-corrected chi connectivity index (χ0v) is 20.2. The fourth-order valence-corrected chi connectivity index (χ4v) is 5.75. The van der Waals surface area contributed by atoms with Crippen LogP contribution in [0.4, 0.5) is 4.39 Å². The van der Waals surface area contributed by atoms with Gasteiger partial charge in [0.2, 0.25) is 10.0 Å². The lowest BCUT2D eigenvalue weighted by molar-refractivity contribution is 0.0933. The van der Waals surface area contributed by atoms with Gasteiger partial charge in [-0.15, -0.1) is 0 Å².